The van der Waals surface area contributed by atoms with E-state index in [9.17, 15) is 18.0 Å². The van der Waals surface area contributed by atoms with Gasteiger partial charge in [0.1, 0.15) is 0 Å². The number of carbonyl (C=O) groups excluding carboxylic acids is 1. The lowest BCUT2D eigenvalue weighted by Crippen LogP contribution is -2.58. The van der Waals surface area contributed by atoms with Crippen LogP contribution in [0.4, 0.5) is 13.2 Å². The zero-order chi connectivity index (χ0) is 24.3. The van der Waals surface area contributed by atoms with Crippen LogP contribution >= 0.6 is 0 Å². The zero-order valence-corrected chi connectivity index (χ0v) is 19.2. The number of hydrogen-bond acceptors (Lipinski definition) is 6. The van der Waals surface area contributed by atoms with E-state index in [1.54, 1.807) is 25.1 Å². The summed E-state index contributed by atoms with van der Waals surface area (Å²) in [6.45, 7) is 0.138. The molecule has 1 fully saturated rings. The van der Waals surface area contributed by atoms with Crippen molar-refractivity contribution in [3.05, 3.63) is 53.3 Å². The number of pyridine rings is 1. The number of nitrogens with two attached hydrogens (primary N) is 1. The molecular formula is C25H27F3N4O2. The summed E-state index contributed by atoms with van der Waals surface area (Å²) >= 11 is 0. The molecule has 34 heavy (non-hydrogen) atoms. The maximum absolute atomic E-state index is 13.8. The molecule has 1 aromatic heterocycles. The van der Waals surface area contributed by atoms with Crippen molar-refractivity contribution >= 4 is 11.7 Å². The number of fused-ring (bicyclic) bond motifs is 3. The van der Waals surface area contributed by atoms with Gasteiger partial charge < -0.3 is 15.4 Å². The Kier molecular flexibility index (Phi) is 5.24. The fraction of sp³-hybridized carbons (Fsp3) is 0.480. The molecule has 2 aliphatic carbocycles. The second-order valence-corrected chi connectivity index (χ2v) is 9.68. The van der Waals surface area contributed by atoms with E-state index >= 15 is 0 Å². The Morgan fingerprint density at radius 1 is 1.15 bits per heavy atom. The topological polar surface area (TPSA) is 80.8 Å². The molecule has 1 unspecified atom stereocenters. The first-order valence-electron chi connectivity index (χ1n) is 11.4. The molecule has 2 heterocycles. The van der Waals surface area contributed by atoms with Crippen LogP contribution < -0.4 is 5.73 Å². The summed E-state index contributed by atoms with van der Waals surface area (Å²) in [5, 5.41) is 0. The quantitative estimate of drug-likeness (QED) is 0.717. The first-order chi connectivity index (χ1) is 16.1. The summed E-state index contributed by atoms with van der Waals surface area (Å²) in [5.41, 5.74) is 6.54. The molecule has 0 saturated heterocycles. The summed E-state index contributed by atoms with van der Waals surface area (Å²) in [6, 6.07) is 6.63. The number of nitrogens with zero attached hydrogens (tertiary/aromatic N) is 3. The van der Waals surface area contributed by atoms with Crippen LogP contribution in [0.15, 0.2) is 41.7 Å². The Labute approximate surface area is 196 Å². The molecule has 3 aliphatic rings. The van der Waals surface area contributed by atoms with E-state index < -0.39 is 22.7 Å². The summed E-state index contributed by atoms with van der Waals surface area (Å²) in [4.78, 5) is 24.1. The maximum Gasteiger partial charge on any atom is 0.417 e. The van der Waals surface area contributed by atoms with Gasteiger partial charge in [-0.15, -0.1) is 0 Å². The SMILES string of the molecule is COC1CCC2(CC1)Cc1ccc(-c3cncc(C(F)(F)F)c3)cc1C21N=C(N)N(C)CC1=O. The number of rotatable bonds is 2. The monoisotopic (exact) mass is 472 g/mol. The molecule has 0 radical (unpaired) electrons. The van der Waals surface area contributed by atoms with Crippen LogP contribution in [0.5, 0.6) is 0 Å². The van der Waals surface area contributed by atoms with Gasteiger partial charge in [-0.3, -0.25) is 9.78 Å². The standard InChI is InChI=1S/C25H27F3N4O2/c1-32-14-21(33)24(31-22(32)29)20-10-15(17-9-18(13-30-12-17)25(26,27)28)3-4-16(20)11-23(24)7-5-19(34-2)6-8-23/h3-4,9-10,12-13,19H,5-8,11,14H2,1-2H3,(H2,29,31). The van der Waals surface area contributed by atoms with E-state index in [-0.39, 0.29) is 18.4 Å². The molecule has 0 amide bonds. The lowest BCUT2D eigenvalue weighted by molar-refractivity contribution is -0.137. The minimum atomic E-state index is -4.49. The third-order valence-electron chi connectivity index (χ3n) is 7.88. The number of ketones is 1. The Balaban J connectivity index is 1.67. The summed E-state index contributed by atoms with van der Waals surface area (Å²) in [7, 11) is 3.44. The van der Waals surface area contributed by atoms with Crippen LogP contribution in [-0.4, -0.2) is 48.4 Å². The van der Waals surface area contributed by atoms with Crippen LogP contribution in [0.1, 0.15) is 42.4 Å². The Morgan fingerprint density at radius 2 is 1.88 bits per heavy atom. The fourth-order valence-corrected chi connectivity index (χ4v) is 6.05. The van der Waals surface area contributed by atoms with E-state index in [2.05, 4.69) is 4.98 Å². The van der Waals surface area contributed by atoms with E-state index in [0.717, 1.165) is 49.1 Å². The molecule has 0 bridgehead atoms. The zero-order valence-electron chi connectivity index (χ0n) is 19.2. The van der Waals surface area contributed by atoms with E-state index in [4.69, 9.17) is 15.5 Å². The number of guanidine groups is 1. The minimum absolute atomic E-state index is 0.0295. The highest BCUT2D eigenvalue weighted by molar-refractivity contribution is 6.01. The average molecular weight is 473 g/mol. The first-order valence-corrected chi connectivity index (χ1v) is 11.4. The third-order valence-corrected chi connectivity index (χ3v) is 7.88. The van der Waals surface area contributed by atoms with Crippen molar-refractivity contribution in [2.24, 2.45) is 16.1 Å². The highest BCUT2D eigenvalue weighted by Gasteiger charge is 2.63. The molecule has 1 saturated carbocycles. The number of benzene rings is 1. The highest BCUT2D eigenvalue weighted by atomic mass is 19.4. The molecule has 5 rings (SSSR count). The van der Waals surface area contributed by atoms with Gasteiger partial charge in [-0.05, 0) is 60.9 Å². The molecule has 1 aromatic carbocycles. The van der Waals surface area contributed by atoms with Crippen molar-refractivity contribution in [3.8, 4) is 11.1 Å². The van der Waals surface area contributed by atoms with Gasteiger partial charge in [0.15, 0.2) is 17.3 Å². The highest BCUT2D eigenvalue weighted by Crippen LogP contribution is 2.61. The summed E-state index contributed by atoms with van der Waals surface area (Å²) in [6.07, 6.45) is 1.68. The predicted molar refractivity (Wildman–Crippen MR) is 121 cm³/mol. The van der Waals surface area contributed by atoms with Gasteiger partial charge in [0.25, 0.3) is 0 Å². The van der Waals surface area contributed by atoms with Gasteiger partial charge in [0, 0.05) is 37.5 Å². The molecule has 9 heteroatoms. The number of hydrogen-bond donors (Lipinski definition) is 1. The van der Waals surface area contributed by atoms with Crippen molar-refractivity contribution < 1.29 is 22.7 Å². The second kappa shape index (κ2) is 7.80. The average Bonchev–Trinajstić information content (AvgIpc) is 3.07. The molecule has 2 aromatic rings. The number of likely N-dealkylation sites (N-methyl/N-ethyl adjacent to an activating group) is 1. The first kappa shape index (κ1) is 22.8. The number of alkyl halides is 3. The number of aliphatic imine (C=N–C) groups is 1. The molecule has 1 aliphatic heterocycles. The van der Waals surface area contributed by atoms with Crippen LogP contribution in [0.25, 0.3) is 11.1 Å². The number of halogens is 3. The van der Waals surface area contributed by atoms with E-state index in [1.165, 1.54) is 6.20 Å². The number of carbonyl (C=O) groups is 1. The van der Waals surface area contributed by atoms with Crippen molar-refractivity contribution in [2.75, 3.05) is 20.7 Å². The van der Waals surface area contributed by atoms with Gasteiger partial charge >= 0.3 is 6.18 Å². The third kappa shape index (κ3) is 3.32. The summed E-state index contributed by atoms with van der Waals surface area (Å²) < 4.78 is 45.4. The van der Waals surface area contributed by atoms with Crippen LogP contribution in [0.3, 0.4) is 0 Å². The van der Waals surface area contributed by atoms with Gasteiger partial charge in [-0.2, -0.15) is 13.2 Å². The Morgan fingerprint density at radius 3 is 2.56 bits per heavy atom. The molecular weight excluding hydrogens is 445 g/mol. The van der Waals surface area contributed by atoms with E-state index in [0.29, 0.717) is 23.5 Å². The van der Waals surface area contributed by atoms with Crippen molar-refractivity contribution in [1.29, 1.82) is 0 Å². The molecule has 2 N–H and O–H groups in total. The van der Waals surface area contributed by atoms with Gasteiger partial charge in [-0.25, -0.2) is 4.99 Å². The molecule has 1 atom stereocenters. The van der Waals surface area contributed by atoms with Crippen LogP contribution in [0, 0.1) is 5.41 Å². The summed E-state index contributed by atoms with van der Waals surface area (Å²) in [5.74, 6) is 0.268. The smallest absolute Gasteiger partial charge is 0.381 e. The van der Waals surface area contributed by atoms with E-state index in [1.807, 2.05) is 12.1 Å². The molecule has 180 valence electrons. The number of Topliss-reactive ketones (excluding diaryl/α,β-unsaturated/α-hetero) is 1. The molecule has 2 spiro atoms. The second-order valence-electron chi connectivity index (χ2n) is 9.68. The van der Waals surface area contributed by atoms with Crippen LogP contribution in [0.2, 0.25) is 0 Å². The number of methoxy groups -OCH3 is 1. The predicted octanol–water partition coefficient (Wildman–Crippen LogP) is 3.92. The number of ether oxygens (including phenoxy) is 1. The maximum atomic E-state index is 13.8. The Hall–Kier alpha value is -2.94. The van der Waals surface area contributed by atoms with Gasteiger partial charge in [0.05, 0.1) is 18.2 Å². The molecule has 6 nitrogen and oxygen atoms in total. The van der Waals surface area contributed by atoms with Gasteiger partial charge in [0.2, 0.25) is 0 Å². The lowest BCUT2D eigenvalue weighted by Gasteiger charge is -2.49. The van der Waals surface area contributed by atoms with Gasteiger partial charge in [-0.1, -0.05) is 12.1 Å². The minimum Gasteiger partial charge on any atom is -0.381 e. The van der Waals surface area contributed by atoms with Crippen LogP contribution in [-0.2, 0) is 27.7 Å². The fourth-order valence-electron chi connectivity index (χ4n) is 6.05. The number of aromatic nitrogens is 1. The normalized spacial score (nSPS) is 29.0. The van der Waals surface area contributed by atoms with Crippen molar-refractivity contribution in [3.63, 3.8) is 0 Å². The van der Waals surface area contributed by atoms with Crippen molar-refractivity contribution in [2.45, 2.75) is 49.9 Å². The largest absolute Gasteiger partial charge is 0.417 e. The Bertz CT molecular complexity index is 1170. The van der Waals surface area contributed by atoms with Crippen molar-refractivity contribution in [1.82, 2.24) is 9.88 Å². The lowest BCUT2D eigenvalue weighted by atomic mass is 9.59.